The number of Topliss-reactive ketones (excluding diaryl/α,β-unsaturated/α-hetero) is 1. The number of ether oxygens (including phenoxy) is 1. The second-order valence-electron chi connectivity index (χ2n) is 4.45. The van der Waals surface area contributed by atoms with Crippen molar-refractivity contribution in [2.45, 2.75) is 24.9 Å². The molecule has 1 aromatic heterocycles. The van der Waals surface area contributed by atoms with Crippen LogP contribution in [0, 0.1) is 0 Å². The molecule has 0 spiro atoms. The summed E-state index contributed by atoms with van der Waals surface area (Å²) in [6, 6.07) is 0. The van der Waals surface area contributed by atoms with Crippen molar-refractivity contribution in [2.24, 2.45) is 5.73 Å². The summed E-state index contributed by atoms with van der Waals surface area (Å²) >= 11 is 0. The second-order valence-corrected chi connectivity index (χ2v) is 6.23. The Kier molecular flexibility index (Phi) is 4.21. The molecule has 3 atom stereocenters. The average Bonchev–Trinajstić information content (AvgIpc) is 2.94. The molecule has 21 heavy (non-hydrogen) atoms. The Bertz CT molecular complexity index is 611. The van der Waals surface area contributed by atoms with Gasteiger partial charge in [0, 0.05) is 0 Å². The van der Waals surface area contributed by atoms with Crippen LogP contribution < -0.4 is 5.73 Å². The Morgan fingerprint density at radius 2 is 2.19 bits per heavy atom. The van der Waals surface area contributed by atoms with Gasteiger partial charge in [-0.1, -0.05) is 0 Å². The number of aromatic nitrogens is 3. The largest absolute Gasteiger partial charge is 0.380 e. The predicted octanol–water partition coefficient (Wildman–Crippen LogP) is -2.23. The Labute approximate surface area is 117 Å². The fourth-order valence-corrected chi connectivity index (χ4v) is 2.42. The molecule has 2 rings (SSSR count). The molecule has 1 aliphatic heterocycles. The minimum atomic E-state index is -4.27. The van der Waals surface area contributed by atoms with Gasteiger partial charge in [-0.3, -0.25) is 14.2 Å². The van der Waals surface area contributed by atoms with Gasteiger partial charge in [-0.2, -0.15) is 0 Å². The van der Waals surface area contributed by atoms with Crippen LogP contribution in [-0.4, -0.2) is 59.7 Å². The number of nitrogens with two attached hydrogens (primary N) is 1. The van der Waals surface area contributed by atoms with Gasteiger partial charge in [-0.25, -0.2) is 9.67 Å². The van der Waals surface area contributed by atoms with Gasteiger partial charge in [0.05, 0.1) is 6.16 Å². The number of aliphatic hydroxyl groups is 1. The number of aliphatic hydroxyl groups excluding tert-OH is 1. The zero-order chi connectivity index (χ0) is 15.8. The van der Waals surface area contributed by atoms with Gasteiger partial charge in [-0.15, -0.1) is 5.10 Å². The molecule has 1 saturated heterocycles. The lowest BCUT2D eigenvalue weighted by atomic mass is 10.1. The lowest BCUT2D eigenvalue weighted by molar-refractivity contribution is -0.127. The van der Waals surface area contributed by atoms with Gasteiger partial charge >= 0.3 is 7.60 Å². The van der Waals surface area contributed by atoms with Crippen molar-refractivity contribution in [1.29, 1.82) is 0 Å². The number of hydrogen-bond acceptors (Lipinski definition) is 7. The Morgan fingerprint density at radius 3 is 2.71 bits per heavy atom. The summed E-state index contributed by atoms with van der Waals surface area (Å²) in [4.78, 5) is 43.8. The minimum absolute atomic E-state index is 0.242. The van der Waals surface area contributed by atoms with E-state index in [0.29, 0.717) is 0 Å². The van der Waals surface area contributed by atoms with Gasteiger partial charge in [0.15, 0.2) is 18.1 Å². The molecule has 5 N–H and O–H groups in total. The van der Waals surface area contributed by atoms with E-state index < -0.39 is 43.9 Å². The van der Waals surface area contributed by atoms with E-state index in [1.807, 2.05) is 0 Å². The van der Waals surface area contributed by atoms with Gasteiger partial charge in [0.2, 0.25) is 5.82 Å². The molecular formula is C9H13N4O7P. The van der Waals surface area contributed by atoms with E-state index in [0.717, 1.165) is 11.0 Å². The number of rotatable bonds is 5. The zero-order valence-corrected chi connectivity index (χ0v) is 11.5. The summed E-state index contributed by atoms with van der Waals surface area (Å²) in [7, 11) is -4.27. The summed E-state index contributed by atoms with van der Waals surface area (Å²) in [5, 5.41) is 13.4. The molecule has 0 unspecified atom stereocenters. The first kappa shape index (κ1) is 15.7. The molecule has 0 aliphatic carbocycles. The summed E-state index contributed by atoms with van der Waals surface area (Å²) in [5.41, 5.74) is 4.98. The van der Waals surface area contributed by atoms with Crippen molar-refractivity contribution in [1.82, 2.24) is 14.8 Å². The molecule has 2 heterocycles. The summed E-state index contributed by atoms with van der Waals surface area (Å²) in [6.07, 6.45) is -3.69. The smallest absolute Gasteiger partial charge is 0.325 e. The predicted molar refractivity (Wildman–Crippen MR) is 65.0 cm³/mol. The Hall–Kier alpha value is -1.65. The monoisotopic (exact) mass is 320 g/mol. The molecule has 116 valence electrons. The Balaban J connectivity index is 2.10. The molecule has 0 saturated carbocycles. The van der Waals surface area contributed by atoms with Crippen molar-refractivity contribution in [2.75, 3.05) is 6.16 Å². The quantitative estimate of drug-likeness (QED) is 0.437. The molecule has 12 heteroatoms. The van der Waals surface area contributed by atoms with Crippen molar-refractivity contribution in [3.05, 3.63) is 12.2 Å². The average molecular weight is 320 g/mol. The topological polar surface area (TPSA) is 178 Å². The third-order valence-electron chi connectivity index (χ3n) is 2.85. The van der Waals surface area contributed by atoms with Crippen LogP contribution in [0.1, 0.15) is 23.3 Å². The number of carbonyl (C=O) groups excluding carboxylic acids is 2. The van der Waals surface area contributed by atoms with Crippen LogP contribution in [0.2, 0.25) is 0 Å². The number of hydrogen-bond donors (Lipinski definition) is 4. The molecule has 0 aromatic carbocycles. The maximum atomic E-state index is 11.8. The summed E-state index contributed by atoms with van der Waals surface area (Å²) < 4.78 is 17.0. The fraction of sp³-hybridized carbons (Fsp3) is 0.556. The normalized spacial score (nSPS) is 26.2. The van der Waals surface area contributed by atoms with E-state index in [1.165, 1.54) is 0 Å². The highest BCUT2D eigenvalue weighted by Crippen LogP contribution is 2.37. The standard InChI is InChI=1S/C9H13N4O7P/c10-7(16)8-11-3-13(12-8)9-6(15)5(14)4(20-9)1-2-21(17,18)19/h3-4,6,9,15H,1-2H2,(H2,10,16)(H2,17,18,19)/t4-,6-,9-/m1/s1. The fourth-order valence-electron chi connectivity index (χ4n) is 1.85. The van der Waals surface area contributed by atoms with Gasteiger partial charge in [0.1, 0.15) is 12.4 Å². The van der Waals surface area contributed by atoms with Gasteiger partial charge in [0.25, 0.3) is 5.91 Å². The van der Waals surface area contributed by atoms with E-state index >= 15 is 0 Å². The highest BCUT2D eigenvalue weighted by molar-refractivity contribution is 7.51. The van der Waals surface area contributed by atoms with Crippen molar-refractivity contribution in [3.8, 4) is 0 Å². The SMILES string of the molecule is NC(=O)c1ncn([C@@H]2O[C@H](CCP(=O)(O)O)C(=O)[C@H]2O)n1. The third kappa shape index (κ3) is 3.52. The van der Waals surface area contributed by atoms with Crippen LogP contribution >= 0.6 is 7.60 Å². The highest BCUT2D eigenvalue weighted by atomic mass is 31.2. The molecule has 0 radical (unpaired) electrons. The molecule has 11 nitrogen and oxygen atoms in total. The van der Waals surface area contributed by atoms with Crippen LogP contribution in [0.3, 0.4) is 0 Å². The molecule has 1 aromatic rings. The number of primary amides is 1. The van der Waals surface area contributed by atoms with E-state index in [9.17, 15) is 19.3 Å². The van der Waals surface area contributed by atoms with E-state index in [1.54, 1.807) is 0 Å². The lowest BCUT2D eigenvalue weighted by Crippen LogP contribution is -2.27. The number of nitrogens with zero attached hydrogens (tertiary/aromatic N) is 3. The minimum Gasteiger partial charge on any atom is -0.380 e. The lowest BCUT2D eigenvalue weighted by Gasteiger charge is -2.13. The van der Waals surface area contributed by atoms with Crippen LogP contribution in [-0.2, 0) is 14.1 Å². The van der Waals surface area contributed by atoms with Crippen LogP contribution in [0.25, 0.3) is 0 Å². The first-order valence-corrected chi connectivity index (χ1v) is 7.61. The number of ketones is 1. The maximum Gasteiger partial charge on any atom is 0.325 e. The highest BCUT2D eigenvalue weighted by Gasteiger charge is 2.44. The molecule has 1 amide bonds. The third-order valence-corrected chi connectivity index (χ3v) is 3.70. The summed E-state index contributed by atoms with van der Waals surface area (Å²) in [5.74, 6) is -1.91. The van der Waals surface area contributed by atoms with Crippen molar-refractivity contribution < 1.29 is 33.8 Å². The number of amides is 1. The maximum absolute atomic E-state index is 11.8. The molecular weight excluding hydrogens is 307 g/mol. The summed E-state index contributed by atoms with van der Waals surface area (Å²) in [6.45, 7) is 0. The van der Waals surface area contributed by atoms with Crippen molar-refractivity contribution in [3.63, 3.8) is 0 Å². The molecule has 1 fully saturated rings. The zero-order valence-electron chi connectivity index (χ0n) is 10.6. The second kappa shape index (κ2) is 5.62. The number of carbonyl (C=O) groups is 2. The van der Waals surface area contributed by atoms with Crippen LogP contribution in [0.5, 0.6) is 0 Å². The molecule has 1 aliphatic rings. The van der Waals surface area contributed by atoms with Crippen LogP contribution in [0.15, 0.2) is 6.33 Å². The molecule has 0 bridgehead atoms. The van der Waals surface area contributed by atoms with E-state index in [4.69, 9.17) is 20.3 Å². The van der Waals surface area contributed by atoms with E-state index in [2.05, 4.69) is 10.1 Å². The van der Waals surface area contributed by atoms with Crippen LogP contribution in [0.4, 0.5) is 0 Å². The van der Waals surface area contributed by atoms with Gasteiger partial charge < -0.3 is 25.4 Å². The first-order chi connectivity index (χ1) is 9.69. The Morgan fingerprint density at radius 1 is 1.52 bits per heavy atom. The van der Waals surface area contributed by atoms with Crippen molar-refractivity contribution >= 4 is 19.3 Å². The first-order valence-electron chi connectivity index (χ1n) is 5.82. The van der Waals surface area contributed by atoms with Gasteiger partial charge in [-0.05, 0) is 6.42 Å². The van der Waals surface area contributed by atoms with E-state index in [-0.39, 0.29) is 12.2 Å².